The zero-order chi connectivity index (χ0) is 12.6. The van der Waals surface area contributed by atoms with Crippen LogP contribution in [0.15, 0.2) is 0 Å². The molecule has 0 aromatic heterocycles. The maximum absolute atomic E-state index is 11.6. The van der Waals surface area contributed by atoms with Crippen LogP contribution in [0.5, 0.6) is 0 Å². The molecule has 2 N–H and O–H groups in total. The van der Waals surface area contributed by atoms with E-state index in [1.807, 2.05) is 0 Å². The molecule has 0 aromatic carbocycles. The molecular weight excluding hydrogens is 248 g/mol. The Labute approximate surface area is 114 Å². The third kappa shape index (κ3) is 5.16. The van der Waals surface area contributed by atoms with Gasteiger partial charge < -0.3 is 15.4 Å². The fraction of sp³-hybridized carbons (Fsp3) is 0.923. The summed E-state index contributed by atoms with van der Waals surface area (Å²) in [6, 6.07) is 0.487. The van der Waals surface area contributed by atoms with Crippen molar-refractivity contribution in [3.8, 4) is 0 Å². The van der Waals surface area contributed by atoms with Crippen LogP contribution >= 0.6 is 11.8 Å². The van der Waals surface area contributed by atoms with Crippen molar-refractivity contribution >= 4 is 17.7 Å². The normalized spacial score (nSPS) is 28.2. The lowest BCUT2D eigenvalue weighted by molar-refractivity contribution is -0.118. The number of hydrogen-bond acceptors (Lipinski definition) is 4. The average Bonchev–Trinajstić information content (AvgIpc) is 2.91. The minimum Gasteiger partial charge on any atom is -0.377 e. The van der Waals surface area contributed by atoms with Gasteiger partial charge in [-0.25, -0.2) is 0 Å². The molecule has 4 nitrogen and oxygen atoms in total. The standard InChI is InChI=1S/C13H24N2O2S/c16-13(15-8-11-4-3-6-14-11)10-18-9-12-5-1-2-7-17-12/h11-12,14H,1-10H2,(H,15,16). The molecule has 104 valence electrons. The van der Waals surface area contributed by atoms with Gasteiger partial charge in [-0.3, -0.25) is 4.79 Å². The number of thioether (sulfide) groups is 1. The van der Waals surface area contributed by atoms with Gasteiger partial charge in [0.15, 0.2) is 0 Å². The number of amides is 1. The van der Waals surface area contributed by atoms with Gasteiger partial charge in [0.2, 0.25) is 5.91 Å². The predicted octanol–water partition coefficient (Wildman–Crippen LogP) is 1.16. The Kier molecular flexibility index (Phi) is 6.31. The van der Waals surface area contributed by atoms with Gasteiger partial charge in [0.25, 0.3) is 0 Å². The lowest BCUT2D eigenvalue weighted by Gasteiger charge is -2.22. The van der Waals surface area contributed by atoms with E-state index in [0.717, 1.165) is 31.9 Å². The van der Waals surface area contributed by atoms with Crippen molar-refractivity contribution in [3.05, 3.63) is 0 Å². The molecule has 2 heterocycles. The zero-order valence-corrected chi connectivity index (χ0v) is 11.8. The summed E-state index contributed by atoms with van der Waals surface area (Å²) in [7, 11) is 0. The maximum Gasteiger partial charge on any atom is 0.230 e. The molecular formula is C13H24N2O2S. The summed E-state index contributed by atoms with van der Waals surface area (Å²) in [5.41, 5.74) is 0. The van der Waals surface area contributed by atoms with E-state index in [1.54, 1.807) is 11.8 Å². The van der Waals surface area contributed by atoms with Gasteiger partial charge in [0.1, 0.15) is 0 Å². The fourth-order valence-corrected chi connectivity index (χ4v) is 3.37. The van der Waals surface area contributed by atoms with Crippen molar-refractivity contribution in [2.24, 2.45) is 0 Å². The highest BCUT2D eigenvalue weighted by Crippen LogP contribution is 2.16. The first-order valence-electron chi connectivity index (χ1n) is 7.04. The van der Waals surface area contributed by atoms with Gasteiger partial charge in [-0.05, 0) is 38.6 Å². The van der Waals surface area contributed by atoms with E-state index in [1.165, 1.54) is 25.7 Å². The van der Waals surface area contributed by atoms with Gasteiger partial charge in [-0.2, -0.15) is 0 Å². The number of nitrogens with one attached hydrogen (secondary N) is 2. The highest BCUT2D eigenvalue weighted by Gasteiger charge is 2.16. The fourth-order valence-electron chi connectivity index (χ4n) is 2.44. The Morgan fingerprint density at radius 2 is 2.28 bits per heavy atom. The molecule has 2 fully saturated rings. The third-order valence-electron chi connectivity index (χ3n) is 3.52. The van der Waals surface area contributed by atoms with Gasteiger partial charge in [0.05, 0.1) is 11.9 Å². The van der Waals surface area contributed by atoms with E-state index < -0.39 is 0 Å². The number of carbonyl (C=O) groups excluding carboxylic acids is 1. The Hall–Kier alpha value is -0.260. The Balaban J connectivity index is 1.48. The number of carbonyl (C=O) groups is 1. The molecule has 2 rings (SSSR count). The Bertz CT molecular complexity index is 251. The van der Waals surface area contributed by atoms with Crippen LogP contribution in [0.25, 0.3) is 0 Å². The van der Waals surface area contributed by atoms with E-state index in [0.29, 0.717) is 17.9 Å². The summed E-state index contributed by atoms with van der Waals surface area (Å²) in [5.74, 6) is 1.67. The summed E-state index contributed by atoms with van der Waals surface area (Å²) in [4.78, 5) is 11.6. The molecule has 18 heavy (non-hydrogen) atoms. The molecule has 2 unspecified atom stereocenters. The van der Waals surface area contributed by atoms with Crippen LogP contribution in [0.2, 0.25) is 0 Å². The smallest absolute Gasteiger partial charge is 0.230 e. The molecule has 0 aromatic rings. The first-order chi connectivity index (χ1) is 8.84. The molecule has 2 aliphatic heterocycles. The van der Waals surface area contributed by atoms with Crippen molar-refractivity contribution in [2.75, 3.05) is 31.2 Å². The molecule has 0 saturated carbocycles. The lowest BCUT2D eigenvalue weighted by atomic mass is 10.1. The van der Waals surface area contributed by atoms with E-state index in [2.05, 4.69) is 10.6 Å². The maximum atomic E-state index is 11.6. The van der Waals surface area contributed by atoms with Crippen molar-refractivity contribution in [1.82, 2.24) is 10.6 Å². The summed E-state index contributed by atoms with van der Waals surface area (Å²) < 4.78 is 5.64. The van der Waals surface area contributed by atoms with Crippen LogP contribution in [0.1, 0.15) is 32.1 Å². The second kappa shape index (κ2) is 8.02. The first-order valence-corrected chi connectivity index (χ1v) is 8.19. The second-order valence-corrected chi connectivity index (χ2v) is 6.13. The minimum absolute atomic E-state index is 0.157. The van der Waals surface area contributed by atoms with Gasteiger partial charge in [0, 0.05) is 24.9 Å². The van der Waals surface area contributed by atoms with Crippen molar-refractivity contribution in [3.63, 3.8) is 0 Å². The SMILES string of the molecule is O=C(CSCC1CCCCO1)NCC1CCCN1. The van der Waals surface area contributed by atoms with Gasteiger partial charge in [-0.15, -0.1) is 11.8 Å². The summed E-state index contributed by atoms with van der Waals surface area (Å²) in [5, 5.41) is 6.38. The molecule has 0 spiro atoms. The van der Waals surface area contributed by atoms with Gasteiger partial charge >= 0.3 is 0 Å². The van der Waals surface area contributed by atoms with Crippen molar-refractivity contribution < 1.29 is 9.53 Å². The van der Waals surface area contributed by atoms with Crippen LogP contribution in [-0.2, 0) is 9.53 Å². The summed E-state index contributed by atoms with van der Waals surface area (Å²) >= 11 is 1.69. The molecule has 5 heteroatoms. The largest absolute Gasteiger partial charge is 0.377 e. The molecule has 1 amide bonds. The summed E-state index contributed by atoms with van der Waals surface area (Å²) in [6.07, 6.45) is 6.40. The Morgan fingerprint density at radius 1 is 1.33 bits per heavy atom. The predicted molar refractivity (Wildman–Crippen MR) is 75.0 cm³/mol. The van der Waals surface area contributed by atoms with E-state index in [4.69, 9.17) is 4.74 Å². The molecule has 2 atom stereocenters. The van der Waals surface area contributed by atoms with E-state index in [9.17, 15) is 4.79 Å². The highest BCUT2D eigenvalue weighted by atomic mass is 32.2. The van der Waals surface area contributed by atoms with Gasteiger partial charge in [-0.1, -0.05) is 0 Å². The summed E-state index contributed by atoms with van der Waals surface area (Å²) in [6.45, 7) is 2.76. The number of ether oxygens (including phenoxy) is 1. The van der Waals surface area contributed by atoms with E-state index >= 15 is 0 Å². The quantitative estimate of drug-likeness (QED) is 0.762. The van der Waals surface area contributed by atoms with Crippen LogP contribution < -0.4 is 10.6 Å². The van der Waals surface area contributed by atoms with Crippen LogP contribution in [0, 0.1) is 0 Å². The first kappa shape index (κ1) is 14.2. The van der Waals surface area contributed by atoms with Crippen molar-refractivity contribution in [2.45, 2.75) is 44.2 Å². The molecule has 2 aliphatic rings. The second-order valence-electron chi connectivity index (χ2n) is 5.10. The van der Waals surface area contributed by atoms with Crippen LogP contribution in [0.3, 0.4) is 0 Å². The Morgan fingerprint density at radius 3 is 3.00 bits per heavy atom. The lowest BCUT2D eigenvalue weighted by Crippen LogP contribution is -2.38. The molecule has 0 radical (unpaired) electrons. The average molecular weight is 272 g/mol. The number of hydrogen-bond donors (Lipinski definition) is 2. The minimum atomic E-state index is 0.157. The number of rotatable bonds is 6. The molecule has 0 bridgehead atoms. The van der Waals surface area contributed by atoms with E-state index in [-0.39, 0.29) is 5.91 Å². The monoisotopic (exact) mass is 272 g/mol. The molecule has 0 aliphatic carbocycles. The van der Waals surface area contributed by atoms with Crippen LogP contribution in [0.4, 0.5) is 0 Å². The third-order valence-corrected chi connectivity index (χ3v) is 4.59. The van der Waals surface area contributed by atoms with Crippen molar-refractivity contribution in [1.29, 1.82) is 0 Å². The topological polar surface area (TPSA) is 50.4 Å². The highest BCUT2D eigenvalue weighted by molar-refractivity contribution is 7.99. The van der Waals surface area contributed by atoms with Crippen LogP contribution in [-0.4, -0.2) is 49.3 Å². The zero-order valence-electron chi connectivity index (χ0n) is 11.0. The molecule has 2 saturated heterocycles.